The van der Waals surface area contributed by atoms with Crippen molar-refractivity contribution >= 4 is 38.2 Å². The Kier molecular flexibility index (Phi) is 5.61. The Balaban J connectivity index is 1.75. The van der Waals surface area contributed by atoms with E-state index in [0.29, 0.717) is 29.6 Å². The van der Waals surface area contributed by atoms with Crippen LogP contribution in [0.25, 0.3) is 10.9 Å². The minimum Gasteiger partial charge on any atom is -0.349 e. The number of fused-ring (bicyclic) bond motifs is 1. The molecule has 2 heterocycles. The number of H-pyrrole nitrogens is 1. The Morgan fingerprint density at radius 2 is 1.81 bits per heavy atom. The zero-order valence-electron chi connectivity index (χ0n) is 17.7. The summed E-state index contributed by atoms with van der Waals surface area (Å²) in [6.07, 6.45) is 0. The summed E-state index contributed by atoms with van der Waals surface area (Å²) in [5, 5.41) is 11.8. The number of hydrogen-bond donors (Lipinski definition) is 2. The highest BCUT2D eigenvalue weighted by atomic mass is 32.2. The number of anilines is 1. The van der Waals surface area contributed by atoms with E-state index in [9.17, 15) is 23.3 Å². The van der Waals surface area contributed by atoms with Crippen molar-refractivity contribution in [1.82, 2.24) is 14.8 Å². The van der Waals surface area contributed by atoms with E-state index < -0.39 is 14.9 Å². The number of amides is 1. The Morgan fingerprint density at radius 3 is 2.50 bits per heavy atom. The molecule has 168 valence electrons. The van der Waals surface area contributed by atoms with Gasteiger partial charge in [-0.3, -0.25) is 19.6 Å². The van der Waals surface area contributed by atoms with E-state index in [2.05, 4.69) is 14.6 Å². The van der Waals surface area contributed by atoms with Crippen LogP contribution in [0.3, 0.4) is 0 Å². The predicted molar refractivity (Wildman–Crippen MR) is 120 cm³/mol. The van der Waals surface area contributed by atoms with E-state index >= 15 is 0 Å². The highest BCUT2D eigenvalue weighted by Crippen LogP contribution is 2.32. The molecule has 1 saturated heterocycles. The molecule has 4 rings (SSSR count). The van der Waals surface area contributed by atoms with Crippen molar-refractivity contribution in [3.05, 3.63) is 63.8 Å². The topological polar surface area (TPSA) is 129 Å². The maximum Gasteiger partial charge on any atom is 0.273 e. The third kappa shape index (κ3) is 4.04. The fourth-order valence-electron chi connectivity index (χ4n) is 3.72. The van der Waals surface area contributed by atoms with E-state index in [1.54, 1.807) is 29.2 Å². The minimum absolute atomic E-state index is 0.132. The molecule has 0 unspecified atom stereocenters. The van der Waals surface area contributed by atoms with Gasteiger partial charge in [0, 0.05) is 48.7 Å². The lowest BCUT2D eigenvalue weighted by Gasteiger charge is -2.32. The van der Waals surface area contributed by atoms with Gasteiger partial charge in [0.25, 0.3) is 21.6 Å². The molecule has 2 aromatic carbocycles. The van der Waals surface area contributed by atoms with Crippen LogP contribution >= 0.6 is 0 Å². The molecule has 0 radical (unpaired) electrons. The summed E-state index contributed by atoms with van der Waals surface area (Å²) in [7, 11) is -2.22. The fraction of sp³-hybridized carbons (Fsp3) is 0.286. The number of para-hydroxylation sites is 1. The number of aryl methyl sites for hydroxylation is 1. The first-order valence-electron chi connectivity index (χ1n) is 10.0. The van der Waals surface area contributed by atoms with Gasteiger partial charge in [-0.05, 0) is 26.1 Å². The first-order valence-corrected chi connectivity index (χ1v) is 11.5. The van der Waals surface area contributed by atoms with Crippen molar-refractivity contribution in [3.8, 4) is 0 Å². The monoisotopic (exact) mass is 457 g/mol. The lowest BCUT2D eigenvalue weighted by Crippen LogP contribution is -2.47. The van der Waals surface area contributed by atoms with Gasteiger partial charge in [0.1, 0.15) is 5.69 Å². The number of rotatable bonds is 5. The Morgan fingerprint density at radius 1 is 1.12 bits per heavy atom. The second-order valence-corrected chi connectivity index (χ2v) is 9.51. The van der Waals surface area contributed by atoms with Gasteiger partial charge in [0.15, 0.2) is 0 Å². The van der Waals surface area contributed by atoms with Crippen LogP contribution in [0.4, 0.5) is 11.4 Å². The highest BCUT2D eigenvalue weighted by Gasteiger charge is 2.28. The number of piperazine rings is 1. The van der Waals surface area contributed by atoms with Crippen molar-refractivity contribution < 1.29 is 18.1 Å². The summed E-state index contributed by atoms with van der Waals surface area (Å²) in [5.74, 6) is -0.304. The first kappa shape index (κ1) is 21.8. The average molecular weight is 458 g/mol. The van der Waals surface area contributed by atoms with Crippen LogP contribution in [-0.2, 0) is 10.0 Å². The Bertz CT molecular complexity index is 1310. The van der Waals surface area contributed by atoms with Gasteiger partial charge in [0.05, 0.1) is 15.5 Å². The molecule has 1 aromatic heterocycles. The maximum absolute atomic E-state index is 13.3. The van der Waals surface area contributed by atoms with E-state index in [1.807, 2.05) is 7.05 Å². The molecule has 1 aliphatic heterocycles. The van der Waals surface area contributed by atoms with Crippen LogP contribution in [0.15, 0.2) is 47.4 Å². The summed E-state index contributed by atoms with van der Waals surface area (Å²) in [5.41, 5.74) is 0.943. The lowest BCUT2D eigenvalue weighted by molar-refractivity contribution is -0.385. The van der Waals surface area contributed by atoms with E-state index in [1.165, 1.54) is 19.1 Å². The summed E-state index contributed by atoms with van der Waals surface area (Å²) in [4.78, 5) is 30.5. The summed E-state index contributed by atoms with van der Waals surface area (Å²) >= 11 is 0. The average Bonchev–Trinajstić information content (AvgIpc) is 3.11. The van der Waals surface area contributed by atoms with Crippen LogP contribution < -0.4 is 4.72 Å². The molecule has 0 spiro atoms. The number of nitro benzene ring substituents is 1. The number of carbonyl (C=O) groups is 1. The van der Waals surface area contributed by atoms with Crippen molar-refractivity contribution in [2.24, 2.45) is 0 Å². The van der Waals surface area contributed by atoms with Crippen LogP contribution in [-0.4, -0.2) is 67.3 Å². The smallest absolute Gasteiger partial charge is 0.273 e. The van der Waals surface area contributed by atoms with Crippen LogP contribution in [0, 0.1) is 17.0 Å². The number of nitro groups is 1. The van der Waals surface area contributed by atoms with Gasteiger partial charge < -0.3 is 14.8 Å². The number of carbonyl (C=O) groups excluding carboxylic acids is 1. The zero-order valence-corrected chi connectivity index (χ0v) is 18.5. The van der Waals surface area contributed by atoms with E-state index in [-0.39, 0.29) is 27.9 Å². The second-order valence-electron chi connectivity index (χ2n) is 7.83. The molecule has 1 aliphatic rings. The molecule has 1 amide bonds. The standard InChI is InChI=1S/C21H23N5O5S/c1-14-7-8-15(13-18(14)26(28)29)32(30,31)23-19-16-5-3-4-6-17(16)22-20(19)21(27)25-11-9-24(2)10-12-25/h3-8,13,22-23H,9-12H2,1-2H3. The molecule has 1 fully saturated rings. The number of nitrogens with zero attached hydrogens (tertiary/aromatic N) is 3. The van der Waals surface area contributed by atoms with Gasteiger partial charge in [0.2, 0.25) is 0 Å². The normalized spacial score (nSPS) is 15.1. The number of sulfonamides is 1. The van der Waals surface area contributed by atoms with Gasteiger partial charge in [-0.15, -0.1) is 0 Å². The largest absolute Gasteiger partial charge is 0.349 e. The van der Waals surface area contributed by atoms with Crippen molar-refractivity contribution in [2.75, 3.05) is 37.9 Å². The molecule has 2 N–H and O–H groups in total. The first-order chi connectivity index (χ1) is 15.2. The molecule has 0 saturated carbocycles. The third-order valence-corrected chi connectivity index (χ3v) is 6.98. The van der Waals surface area contributed by atoms with Crippen molar-refractivity contribution in [2.45, 2.75) is 11.8 Å². The molecule has 32 heavy (non-hydrogen) atoms. The maximum atomic E-state index is 13.3. The Labute approximate surface area is 185 Å². The Hall–Kier alpha value is -3.44. The molecular formula is C21H23N5O5S. The summed E-state index contributed by atoms with van der Waals surface area (Å²) in [6.45, 7) is 4.04. The lowest BCUT2D eigenvalue weighted by atomic mass is 10.2. The van der Waals surface area contributed by atoms with Gasteiger partial charge >= 0.3 is 0 Å². The molecular weight excluding hydrogens is 434 g/mol. The van der Waals surface area contributed by atoms with Gasteiger partial charge in [-0.2, -0.15) is 0 Å². The predicted octanol–water partition coefficient (Wildman–Crippen LogP) is 2.57. The number of hydrogen-bond acceptors (Lipinski definition) is 6. The van der Waals surface area contributed by atoms with E-state index in [4.69, 9.17) is 0 Å². The van der Waals surface area contributed by atoms with Crippen molar-refractivity contribution in [1.29, 1.82) is 0 Å². The quantitative estimate of drug-likeness (QED) is 0.448. The molecule has 3 aromatic rings. The molecule has 10 nitrogen and oxygen atoms in total. The minimum atomic E-state index is -4.20. The molecule has 11 heteroatoms. The number of aromatic amines is 1. The summed E-state index contributed by atoms with van der Waals surface area (Å²) < 4.78 is 28.8. The number of benzene rings is 2. The number of aromatic nitrogens is 1. The second kappa shape index (κ2) is 8.24. The number of nitrogens with one attached hydrogen (secondary N) is 2. The number of likely N-dealkylation sites (N-methyl/N-ethyl adjacent to an activating group) is 1. The van der Waals surface area contributed by atoms with E-state index in [0.717, 1.165) is 19.2 Å². The molecule has 0 bridgehead atoms. The van der Waals surface area contributed by atoms with Crippen LogP contribution in [0.1, 0.15) is 16.1 Å². The van der Waals surface area contributed by atoms with Gasteiger partial charge in [-0.25, -0.2) is 8.42 Å². The highest BCUT2D eigenvalue weighted by molar-refractivity contribution is 7.92. The van der Waals surface area contributed by atoms with Crippen LogP contribution in [0.2, 0.25) is 0 Å². The van der Waals surface area contributed by atoms with Crippen LogP contribution in [0.5, 0.6) is 0 Å². The summed E-state index contributed by atoms with van der Waals surface area (Å²) in [6, 6.07) is 10.7. The third-order valence-electron chi connectivity index (χ3n) is 5.63. The van der Waals surface area contributed by atoms with Crippen molar-refractivity contribution in [3.63, 3.8) is 0 Å². The molecule has 0 aliphatic carbocycles. The molecule has 0 atom stereocenters. The van der Waals surface area contributed by atoms with Gasteiger partial charge in [-0.1, -0.05) is 24.3 Å². The zero-order chi connectivity index (χ0) is 23.0. The fourth-order valence-corrected chi connectivity index (χ4v) is 4.83. The SMILES string of the molecule is Cc1ccc(S(=O)(=O)Nc2c(C(=O)N3CCN(C)CC3)[nH]c3ccccc23)cc1[N+](=O)[O-].